The van der Waals surface area contributed by atoms with Crippen LogP contribution >= 0.6 is 11.8 Å². The minimum Gasteiger partial charge on any atom is -0.325 e. The molecule has 1 atom stereocenters. The molecule has 1 nitrogen and oxygen atoms in total. The first-order chi connectivity index (χ1) is 5.40. The van der Waals surface area contributed by atoms with Crippen LogP contribution in [0.4, 0.5) is 8.78 Å². The van der Waals surface area contributed by atoms with Gasteiger partial charge in [0.15, 0.2) is 0 Å². The molecular formula is C8H15F2NS. The number of nitrogens with two attached hydrogens (primary N) is 1. The maximum atomic E-state index is 13.2. The average molecular weight is 195 g/mol. The van der Waals surface area contributed by atoms with Gasteiger partial charge < -0.3 is 5.73 Å². The summed E-state index contributed by atoms with van der Waals surface area (Å²) in [6.45, 7) is 3.22. The smallest absolute Gasteiger partial charge is 0.264 e. The predicted octanol–water partition coefficient (Wildman–Crippen LogP) is 2.11. The van der Waals surface area contributed by atoms with Crippen LogP contribution in [0.3, 0.4) is 0 Å². The van der Waals surface area contributed by atoms with E-state index in [-0.39, 0.29) is 4.75 Å². The van der Waals surface area contributed by atoms with Crippen molar-refractivity contribution in [3.63, 3.8) is 0 Å². The quantitative estimate of drug-likeness (QED) is 0.730. The van der Waals surface area contributed by atoms with Crippen LogP contribution in [0.1, 0.15) is 20.3 Å². The molecule has 1 saturated heterocycles. The number of hydrogen-bond donors (Lipinski definition) is 1. The summed E-state index contributed by atoms with van der Waals surface area (Å²) in [6.07, 6.45) is 0.585. The van der Waals surface area contributed by atoms with E-state index < -0.39 is 18.4 Å². The normalized spacial score (nSPS) is 29.2. The lowest BCUT2D eigenvalue weighted by atomic mass is 9.87. The van der Waals surface area contributed by atoms with Gasteiger partial charge in [0, 0.05) is 10.7 Å². The second-order valence-electron chi connectivity index (χ2n) is 3.76. The van der Waals surface area contributed by atoms with Crippen LogP contribution in [-0.4, -0.2) is 23.0 Å². The molecule has 0 saturated carbocycles. The van der Waals surface area contributed by atoms with Crippen molar-refractivity contribution in [2.45, 2.75) is 30.9 Å². The summed E-state index contributed by atoms with van der Waals surface area (Å²) >= 11 is 1.61. The van der Waals surface area contributed by atoms with Crippen molar-refractivity contribution >= 4 is 11.8 Å². The topological polar surface area (TPSA) is 26.0 Å². The molecule has 1 heterocycles. The Morgan fingerprint density at radius 2 is 2.17 bits per heavy atom. The van der Waals surface area contributed by atoms with E-state index in [2.05, 4.69) is 0 Å². The third kappa shape index (κ3) is 1.74. The van der Waals surface area contributed by atoms with Gasteiger partial charge in [0.2, 0.25) is 0 Å². The molecule has 0 aromatic heterocycles. The van der Waals surface area contributed by atoms with Crippen molar-refractivity contribution in [1.29, 1.82) is 0 Å². The van der Waals surface area contributed by atoms with Crippen LogP contribution in [0.5, 0.6) is 0 Å². The monoisotopic (exact) mass is 195 g/mol. The fraction of sp³-hybridized carbons (Fsp3) is 1.00. The lowest BCUT2D eigenvalue weighted by Gasteiger charge is -2.32. The van der Waals surface area contributed by atoms with Crippen molar-refractivity contribution in [3.05, 3.63) is 0 Å². The number of alkyl halides is 2. The van der Waals surface area contributed by atoms with Crippen molar-refractivity contribution in [2.75, 3.05) is 12.3 Å². The summed E-state index contributed by atoms with van der Waals surface area (Å²) in [7, 11) is 0. The summed E-state index contributed by atoms with van der Waals surface area (Å²) in [6, 6.07) is 0. The Morgan fingerprint density at radius 3 is 2.50 bits per heavy atom. The van der Waals surface area contributed by atoms with Gasteiger partial charge in [0.05, 0.1) is 6.54 Å². The summed E-state index contributed by atoms with van der Waals surface area (Å²) < 4.78 is 26.1. The Kier molecular flexibility index (Phi) is 2.69. The number of halogens is 2. The predicted molar refractivity (Wildman–Crippen MR) is 48.6 cm³/mol. The maximum absolute atomic E-state index is 13.2. The van der Waals surface area contributed by atoms with E-state index in [1.807, 2.05) is 13.8 Å². The van der Waals surface area contributed by atoms with Gasteiger partial charge in [-0.1, -0.05) is 13.8 Å². The molecule has 0 aliphatic carbocycles. The molecule has 1 rings (SSSR count). The lowest BCUT2D eigenvalue weighted by Crippen LogP contribution is -2.43. The van der Waals surface area contributed by atoms with E-state index in [0.29, 0.717) is 6.42 Å². The van der Waals surface area contributed by atoms with E-state index in [9.17, 15) is 8.78 Å². The van der Waals surface area contributed by atoms with Gasteiger partial charge in [-0.25, -0.2) is 8.78 Å². The molecular weight excluding hydrogens is 180 g/mol. The zero-order valence-corrected chi connectivity index (χ0v) is 8.26. The van der Waals surface area contributed by atoms with Crippen LogP contribution in [0.2, 0.25) is 0 Å². The molecule has 1 fully saturated rings. The van der Waals surface area contributed by atoms with Crippen molar-refractivity contribution in [3.8, 4) is 0 Å². The first-order valence-corrected chi connectivity index (χ1v) is 5.10. The summed E-state index contributed by atoms with van der Waals surface area (Å²) in [5, 5.41) is 0. The van der Waals surface area contributed by atoms with Crippen molar-refractivity contribution < 1.29 is 8.78 Å². The zero-order chi connectivity index (χ0) is 9.41. The molecule has 0 radical (unpaired) electrons. The van der Waals surface area contributed by atoms with Crippen molar-refractivity contribution in [1.82, 2.24) is 0 Å². The fourth-order valence-electron chi connectivity index (χ4n) is 1.75. The molecule has 0 bridgehead atoms. The first kappa shape index (κ1) is 10.3. The van der Waals surface area contributed by atoms with Gasteiger partial charge in [0.1, 0.15) is 0 Å². The third-order valence-corrected chi connectivity index (χ3v) is 3.97. The molecule has 0 amide bonds. The number of thioether (sulfide) groups is 1. The van der Waals surface area contributed by atoms with Gasteiger partial charge in [0.25, 0.3) is 5.92 Å². The molecule has 4 heteroatoms. The fourth-order valence-corrected chi connectivity index (χ4v) is 3.12. The minimum absolute atomic E-state index is 0.317. The van der Waals surface area contributed by atoms with E-state index in [0.717, 1.165) is 5.75 Å². The Balaban J connectivity index is 2.74. The van der Waals surface area contributed by atoms with E-state index >= 15 is 0 Å². The van der Waals surface area contributed by atoms with E-state index in [1.54, 1.807) is 11.8 Å². The molecule has 72 valence electrons. The summed E-state index contributed by atoms with van der Waals surface area (Å²) in [5.41, 5.74) is 5.05. The standard InChI is InChI=1S/C8H15F2NS/c1-7(2)6(3-4-12-7)8(9,10)5-11/h6H,3-5,11H2,1-2H3. The largest absolute Gasteiger partial charge is 0.325 e. The Hall–Kier alpha value is 0.170. The second-order valence-corrected chi connectivity index (χ2v) is 5.51. The molecule has 1 aliphatic heterocycles. The van der Waals surface area contributed by atoms with E-state index in [1.165, 1.54) is 0 Å². The van der Waals surface area contributed by atoms with Crippen LogP contribution in [-0.2, 0) is 0 Å². The van der Waals surface area contributed by atoms with Gasteiger partial charge in [-0.3, -0.25) is 0 Å². The highest BCUT2D eigenvalue weighted by atomic mass is 32.2. The van der Waals surface area contributed by atoms with Crippen LogP contribution < -0.4 is 5.73 Å². The second kappa shape index (κ2) is 3.14. The molecule has 12 heavy (non-hydrogen) atoms. The van der Waals surface area contributed by atoms with Gasteiger partial charge >= 0.3 is 0 Å². The Labute approximate surface area is 76.1 Å². The highest BCUT2D eigenvalue weighted by Gasteiger charge is 2.50. The lowest BCUT2D eigenvalue weighted by molar-refractivity contribution is -0.0574. The van der Waals surface area contributed by atoms with Crippen molar-refractivity contribution in [2.24, 2.45) is 11.7 Å². The maximum Gasteiger partial charge on any atom is 0.264 e. The minimum atomic E-state index is -2.69. The SMILES string of the molecule is CC1(C)SCCC1C(F)(F)CN. The van der Waals surface area contributed by atoms with Crippen LogP contribution in [0, 0.1) is 5.92 Å². The zero-order valence-electron chi connectivity index (χ0n) is 7.44. The first-order valence-electron chi connectivity index (χ1n) is 4.12. The Bertz CT molecular complexity index is 170. The van der Waals surface area contributed by atoms with Crippen LogP contribution in [0.25, 0.3) is 0 Å². The van der Waals surface area contributed by atoms with Gasteiger partial charge in [-0.15, -0.1) is 0 Å². The summed E-state index contributed by atoms with van der Waals surface area (Å²) in [5.74, 6) is -2.42. The molecule has 0 spiro atoms. The van der Waals surface area contributed by atoms with Crippen LogP contribution in [0.15, 0.2) is 0 Å². The Morgan fingerprint density at radius 1 is 1.58 bits per heavy atom. The van der Waals surface area contributed by atoms with Gasteiger partial charge in [-0.2, -0.15) is 11.8 Å². The highest BCUT2D eigenvalue weighted by molar-refractivity contribution is 8.00. The molecule has 0 aromatic rings. The molecule has 1 aliphatic rings. The molecule has 0 aromatic carbocycles. The van der Waals surface area contributed by atoms with E-state index in [4.69, 9.17) is 5.73 Å². The molecule has 2 N–H and O–H groups in total. The highest BCUT2D eigenvalue weighted by Crippen LogP contribution is 2.48. The summed E-state index contributed by atoms with van der Waals surface area (Å²) in [4.78, 5) is 0. The third-order valence-electron chi connectivity index (χ3n) is 2.50. The average Bonchev–Trinajstić information content (AvgIpc) is 2.30. The molecule has 1 unspecified atom stereocenters. The van der Waals surface area contributed by atoms with Gasteiger partial charge in [-0.05, 0) is 12.2 Å². The number of hydrogen-bond acceptors (Lipinski definition) is 2. The number of rotatable bonds is 2.